The van der Waals surface area contributed by atoms with Crippen LogP contribution in [0.5, 0.6) is 0 Å². The van der Waals surface area contributed by atoms with E-state index in [0.717, 1.165) is 37.3 Å². The summed E-state index contributed by atoms with van der Waals surface area (Å²) in [5.41, 5.74) is 0. The zero-order valence-corrected chi connectivity index (χ0v) is 13.5. The van der Waals surface area contributed by atoms with Gasteiger partial charge in [-0.25, -0.2) is 0 Å². The molecule has 1 saturated heterocycles. The van der Waals surface area contributed by atoms with Gasteiger partial charge in [-0.05, 0) is 43.2 Å². The second kappa shape index (κ2) is 6.19. The fourth-order valence-electron chi connectivity index (χ4n) is 3.53. The molecule has 3 aliphatic rings. The fourth-order valence-corrected chi connectivity index (χ4v) is 3.53. The van der Waals surface area contributed by atoms with Crippen molar-refractivity contribution in [2.45, 2.75) is 76.4 Å². The summed E-state index contributed by atoms with van der Waals surface area (Å²) in [5, 5.41) is 4.26. The summed E-state index contributed by atoms with van der Waals surface area (Å²) in [6.45, 7) is 4.08. The van der Waals surface area contributed by atoms with Gasteiger partial charge in [0, 0.05) is 19.0 Å². The molecule has 2 heterocycles. The molecular formula is C17H27N3O2. The van der Waals surface area contributed by atoms with Crippen molar-refractivity contribution in [1.82, 2.24) is 10.1 Å². The van der Waals surface area contributed by atoms with Gasteiger partial charge in [-0.2, -0.15) is 4.98 Å². The van der Waals surface area contributed by atoms with E-state index in [1.165, 1.54) is 44.9 Å². The maximum absolute atomic E-state index is 6.32. The Bertz CT molecular complexity index is 496. The van der Waals surface area contributed by atoms with Gasteiger partial charge >= 0.3 is 0 Å². The third-order valence-electron chi connectivity index (χ3n) is 5.39. The summed E-state index contributed by atoms with van der Waals surface area (Å²) in [7, 11) is 0. The molecule has 1 aliphatic heterocycles. The van der Waals surface area contributed by atoms with Gasteiger partial charge in [0.1, 0.15) is 0 Å². The van der Waals surface area contributed by atoms with Gasteiger partial charge in [0.25, 0.3) is 5.95 Å². The Hall–Kier alpha value is -1.10. The summed E-state index contributed by atoms with van der Waals surface area (Å²) < 4.78 is 11.8. The van der Waals surface area contributed by atoms with Crippen LogP contribution in [0.1, 0.15) is 70.1 Å². The number of unbranched alkanes of at least 4 members (excludes halogenated alkanes) is 1. The lowest BCUT2D eigenvalue weighted by molar-refractivity contribution is -0.0414. The maximum Gasteiger partial charge on any atom is 0.266 e. The Morgan fingerprint density at radius 1 is 1.18 bits per heavy atom. The molecule has 5 nitrogen and oxygen atoms in total. The van der Waals surface area contributed by atoms with Crippen LogP contribution in [-0.4, -0.2) is 35.4 Å². The van der Waals surface area contributed by atoms with Crippen LogP contribution in [0.4, 0.5) is 5.95 Å². The minimum atomic E-state index is 0.324. The molecule has 2 aliphatic carbocycles. The largest absolute Gasteiger partial charge is 0.371 e. The van der Waals surface area contributed by atoms with E-state index < -0.39 is 0 Å². The molecule has 0 aromatic carbocycles. The summed E-state index contributed by atoms with van der Waals surface area (Å²) in [4.78, 5) is 6.98. The number of morpholine rings is 1. The minimum Gasteiger partial charge on any atom is -0.371 e. The Morgan fingerprint density at radius 3 is 2.73 bits per heavy atom. The Labute approximate surface area is 132 Å². The fraction of sp³-hybridized carbons (Fsp3) is 0.882. The second-order valence-electron chi connectivity index (χ2n) is 7.24. The van der Waals surface area contributed by atoms with Gasteiger partial charge in [0.15, 0.2) is 0 Å². The molecule has 2 atom stereocenters. The van der Waals surface area contributed by atoms with E-state index >= 15 is 0 Å². The lowest BCUT2D eigenvalue weighted by Crippen LogP contribution is -2.49. The van der Waals surface area contributed by atoms with Gasteiger partial charge in [0.05, 0.1) is 12.2 Å². The SMILES string of the molecule is CCCC[C@@H]1CN(c2noc(C3CCC3)n2)C[C@H](C2CC2)O1. The minimum absolute atomic E-state index is 0.324. The van der Waals surface area contributed by atoms with E-state index in [4.69, 9.17) is 9.26 Å². The number of rotatable bonds is 6. The number of ether oxygens (including phenoxy) is 1. The molecule has 0 spiro atoms. The average molecular weight is 305 g/mol. The van der Waals surface area contributed by atoms with E-state index in [9.17, 15) is 0 Å². The molecule has 22 heavy (non-hydrogen) atoms. The van der Waals surface area contributed by atoms with Crippen molar-refractivity contribution >= 4 is 5.95 Å². The number of hydrogen-bond donors (Lipinski definition) is 0. The third kappa shape index (κ3) is 3.00. The Balaban J connectivity index is 1.44. The molecule has 0 bridgehead atoms. The summed E-state index contributed by atoms with van der Waals surface area (Å²) in [5.74, 6) is 2.90. The highest BCUT2D eigenvalue weighted by Crippen LogP contribution is 2.39. The monoisotopic (exact) mass is 305 g/mol. The molecule has 1 aromatic rings. The van der Waals surface area contributed by atoms with Crippen LogP contribution in [0, 0.1) is 5.92 Å². The summed E-state index contributed by atoms with van der Waals surface area (Å²) >= 11 is 0. The maximum atomic E-state index is 6.32. The van der Waals surface area contributed by atoms with Crippen LogP contribution in [0.2, 0.25) is 0 Å². The lowest BCUT2D eigenvalue weighted by Gasteiger charge is -2.37. The standard InChI is InChI=1S/C17H27N3O2/c1-2-3-7-14-10-20(11-15(21-14)12-8-9-12)17-18-16(22-19-17)13-5-4-6-13/h12-15H,2-11H2,1H3/t14-,15-/m1/s1. The van der Waals surface area contributed by atoms with Crippen LogP contribution < -0.4 is 4.90 Å². The highest BCUT2D eigenvalue weighted by molar-refractivity contribution is 5.30. The van der Waals surface area contributed by atoms with Crippen LogP contribution in [-0.2, 0) is 4.74 Å². The van der Waals surface area contributed by atoms with Crippen molar-refractivity contribution in [2.75, 3.05) is 18.0 Å². The first-order valence-electron chi connectivity index (χ1n) is 9.07. The normalized spacial score (nSPS) is 29.6. The lowest BCUT2D eigenvalue weighted by atomic mass is 9.85. The molecule has 5 heteroatoms. The molecule has 0 radical (unpaired) electrons. The first kappa shape index (κ1) is 14.5. The van der Waals surface area contributed by atoms with Crippen molar-refractivity contribution < 1.29 is 9.26 Å². The molecule has 0 N–H and O–H groups in total. The molecule has 0 amide bonds. The summed E-state index contributed by atoms with van der Waals surface area (Å²) in [6.07, 6.45) is 10.6. The predicted molar refractivity (Wildman–Crippen MR) is 84.0 cm³/mol. The van der Waals surface area contributed by atoms with Crippen molar-refractivity contribution in [3.05, 3.63) is 5.89 Å². The van der Waals surface area contributed by atoms with Gasteiger partial charge in [-0.15, -0.1) is 0 Å². The van der Waals surface area contributed by atoms with Crippen molar-refractivity contribution in [1.29, 1.82) is 0 Å². The van der Waals surface area contributed by atoms with E-state index in [2.05, 4.69) is 22.0 Å². The third-order valence-corrected chi connectivity index (χ3v) is 5.39. The zero-order valence-electron chi connectivity index (χ0n) is 13.5. The van der Waals surface area contributed by atoms with Crippen molar-refractivity contribution in [2.24, 2.45) is 5.92 Å². The average Bonchev–Trinajstić information content (AvgIpc) is 3.23. The van der Waals surface area contributed by atoms with Crippen LogP contribution in [0.15, 0.2) is 4.52 Å². The first-order valence-corrected chi connectivity index (χ1v) is 9.07. The molecule has 1 aromatic heterocycles. The van der Waals surface area contributed by atoms with Crippen LogP contribution in [0.25, 0.3) is 0 Å². The molecular weight excluding hydrogens is 278 g/mol. The number of hydrogen-bond acceptors (Lipinski definition) is 5. The van der Waals surface area contributed by atoms with E-state index in [-0.39, 0.29) is 0 Å². The van der Waals surface area contributed by atoms with Gasteiger partial charge < -0.3 is 14.2 Å². The quantitative estimate of drug-likeness (QED) is 0.805. The van der Waals surface area contributed by atoms with E-state index in [1.54, 1.807) is 0 Å². The first-order chi connectivity index (χ1) is 10.8. The molecule has 2 saturated carbocycles. The van der Waals surface area contributed by atoms with Crippen LogP contribution in [0.3, 0.4) is 0 Å². The zero-order chi connectivity index (χ0) is 14.9. The topological polar surface area (TPSA) is 51.4 Å². The molecule has 3 fully saturated rings. The number of anilines is 1. The summed E-state index contributed by atoms with van der Waals surface area (Å²) in [6, 6.07) is 0. The van der Waals surface area contributed by atoms with Crippen molar-refractivity contribution in [3.63, 3.8) is 0 Å². The van der Waals surface area contributed by atoms with Gasteiger partial charge in [0.2, 0.25) is 5.89 Å². The Morgan fingerprint density at radius 2 is 2.05 bits per heavy atom. The molecule has 4 rings (SSSR count). The smallest absolute Gasteiger partial charge is 0.266 e. The number of aromatic nitrogens is 2. The van der Waals surface area contributed by atoms with Gasteiger partial charge in [-0.1, -0.05) is 26.2 Å². The van der Waals surface area contributed by atoms with Crippen LogP contribution >= 0.6 is 0 Å². The van der Waals surface area contributed by atoms with Crippen molar-refractivity contribution in [3.8, 4) is 0 Å². The molecule has 0 unspecified atom stereocenters. The van der Waals surface area contributed by atoms with E-state index in [0.29, 0.717) is 18.1 Å². The Kier molecular flexibility index (Phi) is 4.07. The van der Waals surface area contributed by atoms with E-state index in [1.807, 2.05) is 0 Å². The molecule has 122 valence electrons. The highest BCUT2D eigenvalue weighted by atomic mass is 16.5. The number of nitrogens with zero attached hydrogens (tertiary/aromatic N) is 3. The highest BCUT2D eigenvalue weighted by Gasteiger charge is 2.39. The predicted octanol–water partition coefficient (Wildman–Crippen LogP) is 3.51. The van der Waals surface area contributed by atoms with Gasteiger partial charge in [-0.3, -0.25) is 0 Å². The second-order valence-corrected chi connectivity index (χ2v) is 7.24.